The molecule has 0 amide bonds. The summed E-state index contributed by atoms with van der Waals surface area (Å²) in [5.41, 5.74) is -2.67. The molecule has 0 aromatic heterocycles. The van der Waals surface area contributed by atoms with Crippen molar-refractivity contribution in [1.82, 2.24) is 0 Å². The molecule has 0 aromatic rings. The fourth-order valence-electron chi connectivity index (χ4n) is 9.72. The average Bonchev–Trinajstić information content (AvgIpc) is 3.00. The zero-order valence-electron chi connectivity index (χ0n) is 22.5. The number of ketones is 1. The van der Waals surface area contributed by atoms with E-state index in [9.17, 15) is 24.6 Å². The van der Waals surface area contributed by atoms with Crippen LogP contribution in [0.15, 0.2) is 23.5 Å². The standard InChI is InChI=1S/C29H36O9/c1-13(8-15-9-14(2)24(33)35-15)20-22-26(20,5)6-7-27-12-28-17(25(3,4)36-18(28)11-19(31)37-28)10-16(30)21(27)23(32)29(22,34)38-27/h8-9,13,16-18,20-22,30,34H,6-7,10-12H2,1-5H3. The smallest absolute Gasteiger partial charge is 0.339 e. The van der Waals surface area contributed by atoms with Crippen LogP contribution in [-0.2, 0) is 33.3 Å². The van der Waals surface area contributed by atoms with Gasteiger partial charge in [0.2, 0.25) is 11.6 Å². The molecule has 7 aliphatic rings. The van der Waals surface area contributed by atoms with Gasteiger partial charge in [0.1, 0.15) is 17.5 Å². The highest BCUT2D eigenvalue weighted by Crippen LogP contribution is 2.75. The van der Waals surface area contributed by atoms with E-state index in [1.807, 2.05) is 26.8 Å². The van der Waals surface area contributed by atoms with Gasteiger partial charge in [-0.3, -0.25) is 9.59 Å². The SMILES string of the molecule is CC1=CC(=CC(C)C2C3C4(O)OC5(CCC23C)CC23OC(=O)CC2OC(C)(C)C3CC(O)C5C4=O)OC1=O. The van der Waals surface area contributed by atoms with Crippen molar-refractivity contribution >= 4 is 17.7 Å². The quantitative estimate of drug-likeness (QED) is 0.519. The number of hydrogen-bond acceptors (Lipinski definition) is 9. The minimum atomic E-state index is -2.05. The number of esters is 2. The summed E-state index contributed by atoms with van der Waals surface area (Å²) in [5, 5.41) is 23.6. The Morgan fingerprint density at radius 3 is 2.58 bits per heavy atom. The van der Waals surface area contributed by atoms with Crippen molar-refractivity contribution in [1.29, 1.82) is 0 Å². The number of aliphatic hydroxyl groups is 2. The van der Waals surface area contributed by atoms with Gasteiger partial charge in [-0.1, -0.05) is 13.8 Å². The Balaban J connectivity index is 1.25. The third-order valence-corrected chi connectivity index (χ3v) is 11.2. The Bertz CT molecular complexity index is 1230. The van der Waals surface area contributed by atoms with Gasteiger partial charge in [0.15, 0.2) is 0 Å². The highest BCUT2D eigenvalue weighted by molar-refractivity contribution is 5.93. The first-order valence-corrected chi connectivity index (χ1v) is 13.8. The molecule has 9 nitrogen and oxygen atoms in total. The molecule has 2 bridgehead atoms. The minimum Gasteiger partial charge on any atom is -0.456 e. The molecular weight excluding hydrogens is 492 g/mol. The topological polar surface area (TPSA) is 129 Å². The van der Waals surface area contributed by atoms with Crippen LogP contribution in [0.2, 0.25) is 0 Å². The second kappa shape index (κ2) is 7.16. The zero-order chi connectivity index (χ0) is 27.2. The lowest BCUT2D eigenvalue weighted by molar-refractivity contribution is -0.244. The predicted octanol–water partition coefficient (Wildman–Crippen LogP) is 2.33. The van der Waals surface area contributed by atoms with Crippen LogP contribution in [0.3, 0.4) is 0 Å². The lowest BCUT2D eigenvalue weighted by atomic mass is 9.69. The van der Waals surface area contributed by atoms with Crippen molar-refractivity contribution < 1.29 is 43.5 Å². The number of aliphatic hydroxyl groups excluding tert-OH is 1. The summed E-state index contributed by atoms with van der Waals surface area (Å²) in [7, 11) is 0. The lowest BCUT2D eigenvalue weighted by Gasteiger charge is -2.41. The van der Waals surface area contributed by atoms with E-state index >= 15 is 0 Å². The summed E-state index contributed by atoms with van der Waals surface area (Å²) >= 11 is 0. The first-order valence-electron chi connectivity index (χ1n) is 13.8. The summed E-state index contributed by atoms with van der Waals surface area (Å²) in [5.74, 6) is -4.61. The minimum absolute atomic E-state index is 0.0782. The van der Waals surface area contributed by atoms with E-state index in [0.717, 1.165) is 0 Å². The third-order valence-electron chi connectivity index (χ3n) is 11.2. The molecule has 0 aromatic carbocycles. The van der Waals surface area contributed by atoms with E-state index in [1.165, 1.54) is 0 Å². The van der Waals surface area contributed by atoms with Crippen LogP contribution < -0.4 is 0 Å². The number of rotatable bonds is 2. The molecule has 0 radical (unpaired) electrons. The summed E-state index contributed by atoms with van der Waals surface area (Å²) in [6.45, 7) is 9.67. The molecule has 38 heavy (non-hydrogen) atoms. The molecule has 7 rings (SSSR count). The lowest BCUT2D eigenvalue weighted by Crippen LogP contribution is -2.51. The molecule has 2 aliphatic carbocycles. The van der Waals surface area contributed by atoms with Crippen LogP contribution in [0, 0.1) is 35.0 Å². The van der Waals surface area contributed by atoms with Crippen LogP contribution in [0.5, 0.6) is 0 Å². The first kappa shape index (κ1) is 24.9. The van der Waals surface area contributed by atoms with E-state index < -0.39 is 52.4 Å². The van der Waals surface area contributed by atoms with Gasteiger partial charge in [-0.2, -0.15) is 0 Å². The molecule has 5 heterocycles. The molecule has 11 unspecified atom stereocenters. The van der Waals surface area contributed by atoms with Gasteiger partial charge < -0.3 is 29.2 Å². The van der Waals surface area contributed by atoms with Crippen molar-refractivity contribution in [2.75, 3.05) is 0 Å². The molecule has 2 spiro atoms. The number of ether oxygens (including phenoxy) is 4. The van der Waals surface area contributed by atoms with Crippen molar-refractivity contribution in [2.24, 2.45) is 35.0 Å². The van der Waals surface area contributed by atoms with Gasteiger partial charge in [-0.25, -0.2) is 4.79 Å². The van der Waals surface area contributed by atoms with E-state index in [-0.39, 0.29) is 54.4 Å². The monoisotopic (exact) mass is 528 g/mol. The Hall–Kier alpha value is -2.07. The molecule has 9 heteroatoms. The molecule has 6 fully saturated rings. The van der Waals surface area contributed by atoms with Crippen molar-refractivity contribution in [3.8, 4) is 0 Å². The normalized spacial score (nSPS) is 53.7. The molecule has 11 atom stereocenters. The first-order chi connectivity index (χ1) is 17.7. The zero-order valence-corrected chi connectivity index (χ0v) is 22.5. The van der Waals surface area contributed by atoms with Gasteiger partial charge in [0.25, 0.3) is 0 Å². The average molecular weight is 529 g/mol. The Labute approximate surface area is 221 Å². The highest BCUT2D eigenvalue weighted by Gasteiger charge is 2.83. The molecule has 4 saturated heterocycles. The van der Waals surface area contributed by atoms with Gasteiger partial charge in [0, 0.05) is 23.8 Å². The summed E-state index contributed by atoms with van der Waals surface area (Å²) in [4.78, 5) is 38.4. The van der Waals surface area contributed by atoms with Crippen LogP contribution in [0.25, 0.3) is 0 Å². The summed E-state index contributed by atoms with van der Waals surface area (Å²) in [6, 6.07) is 0. The van der Waals surface area contributed by atoms with Gasteiger partial charge >= 0.3 is 11.9 Å². The Morgan fingerprint density at radius 1 is 1.16 bits per heavy atom. The largest absolute Gasteiger partial charge is 0.456 e. The van der Waals surface area contributed by atoms with Gasteiger partial charge in [-0.05, 0) is 69.4 Å². The number of Topliss-reactive ketones (excluding diaryl/α,β-unsaturated/α-hetero) is 1. The Kier molecular flexibility index (Phi) is 4.70. The highest BCUT2D eigenvalue weighted by atomic mass is 16.7. The third kappa shape index (κ3) is 2.89. The van der Waals surface area contributed by atoms with Crippen LogP contribution >= 0.6 is 0 Å². The molecule has 5 aliphatic heterocycles. The second-order valence-corrected chi connectivity index (χ2v) is 13.7. The van der Waals surface area contributed by atoms with Crippen LogP contribution in [-0.4, -0.2) is 62.7 Å². The van der Waals surface area contributed by atoms with Crippen molar-refractivity contribution in [3.05, 3.63) is 23.5 Å². The molecule has 2 N–H and O–H groups in total. The number of hydrogen-bond donors (Lipinski definition) is 2. The maximum absolute atomic E-state index is 14.1. The number of cyclic esters (lactones) is 1. The number of allylic oxidation sites excluding steroid dienone is 2. The Morgan fingerprint density at radius 2 is 1.89 bits per heavy atom. The number of fused-ring (bicyclic) bond motifs is 3. The van der Waals surface area contributed by atoms with Crippen LogP contribution in [0.1, 0.15) is 66.7 Å². The number of carbonyl (C=O) groups is 3. The molecular formula is C29H36O9. The fraction of sp³-hybridized carbons (Fsp3) is 0.759. The summed E-state index contributed by atoms with van der Waals surface area (Å²) < 4.78 is 24.3. The van der Waals surface area contributed by atoms with Gasteiger partial charge in [-0.15, -0.1) is 0 Å². The molecule has 2 saturated carbocycles. The van der Waals surface area contributed by atoms with E-state index in [0.29, 0.717) is 24.2 Å². The molecule has 206 valence electrons. The number of carbonyl (C=O) groups excluding carboxylic acids is 3. The maximum atomic E-state index is 14.1. The maximum Gasteiger partial charge on any atom is 0.339 e. The van der Waals surface area contributed by atoms with Crippen molar-refractivity contribution in [3.63, 3.8) is 0 Å². The predicted molar refractivity (Wildman–Crippen MR) is 130 cm³/mol. The van der Waals surface area contributed by atoms with E-state index in [4.69, 9.17) is 18.9 Å². The van der Waals surface area contributed by atoms with Gasteiger partial charge in [0.05, 0.1) is 29.6 Å². The summed E-state index contributed by atoms with van der Waals surface area (Å²) in [6.07, 6.45) is 3.73. The van der Waals surface area contributed by atoms with Crippen molar-refractivity contribution in [2.45, 2.75) is 102 Å². The fourth-order valence-corrected chi connectivity index (χ4v) is 9.72. The van der Waals surface area contributed by atoms with E-state index in [1.54, 1.807) is 13.0 Å². The second-order valence-electron chi connectivity index (χ2n) is 13.7. The van der Waals surface area contributed by atoms with E-state index in [2.05, 4.69) is 6.92 Å². The van der Waals surface area contributed by atoms with Crippen LogP contribution in [0.4, 0.5) is 0 Å².